The SMILES string of the molecule is CCCNC1CSCC1c1nc(C2CC3CCC2O3)no1. The lowest BCUT2D eigenvalue weighted by molar-refractivity contribution is 0.0996. The van der Waals surface area contributed by atoms with Crippen LogP contribution in [0.15, 0.2) is 4.52 Å². The summed E-state index contributed by atoms with van der Waals surface area (Å²) in [5.74, 6) is 4.64. The molecule has 4 rings (SSSR count). The lowest BCUT2D eigenvalue weighted by Gasteiger charge is -2.16. The van der Waals surface area contributed by atoms with Crippen molar-refractivity contribution in [1.82, 2.24) is 15.5 Å². The molecule has 0 spiro atoms. The van der Waals surface area contributed by atoms with Crippen LogP contribution in [0.5, 0.6) is 0 Å². The summed E-state index contributed by atoms with van der Waals surface area (Å²) < 4.78 is 11.5. The van der Waals surface area contributed by atoms with Crippen molar-refractivity contribution in [2.24, 2.45) is 0 Å². The van der Waals surface area contributed by atoms with Gasteiger partial charge in [0.1, 0.15) is 0 Å². The van der Waals surface area contributed by atoms with E-state index in [1.165, 1.54) is 6.42 Å². The lowest BCUT2D eigenvalue weighted by Crippen LogP contribution is -2.34. The first-order valence-electron chi connectivity index (χ1n) is 8.15. The van der Waals surface area contributed by atoms with Crippen LogP contribution in [0, 0.1) is 0 Å². The molecule has 3 fully saturated rings. The molecule has 5 nitrogen and oxygen atoms in total. The normalized spacial score (nSPS) is 38.4. The van der Waals surface area contributed by atoms with Gasteiger partial charge in [0.25, 0.3) is 0 Å². The molecule has 0 radical (unpaired) electrons. The number of hydrogen-bond donors (Lipinski definition) is 1. The molecule has 2 bridgehead atoms. The summed E-state index contributed by atoms with van der Waals surface area (Å²) in [5.41, 5.74) is 0. The van der Waals surface area contributed by atoms with Gasteiger partial charge in [0.05, 0.1) is 24.0 Å². The predicted molar refractivity (Wildman–Crippen MR) is 81.7 cm³/mol. The van der Waals surface area contributed by atoms with Crippen LogP contribution in [-0.2, 0) is 4.74 Å². The minimum absolute atomic E-state index is 0.326. The van der Waals surface area contributed by atoms with Crippen molar-refractivity contribution in [2.75, 3.05) is 18.1 Å². The van der Waals surface area contributed by atoms with E-state index in [0.29, 0.717) is 30.1 Å². The van der Waals surface area contributed by atoms with Crippen LogP contribution in [0.25, 0.3) is 0 Å². The first-order chi connectivity index (χ1) is 10.3. The molecule has 21 heavy (non-hydrogen) atoms. The highest BCUT2D eigenvalue weighted by atomic mass is 32.2. The Morgan fingerprint density at radius 3 is 3.00 bits per heavy atom. The number of hydrogen-bond acceptors (Lipinski definition) is 6. The van der Waals surface area contributed by atoms with E-state index in [4.69, 9.17) is 14.2 Å². The molecule has 4 heterocycles. The van der Waals surface area contributed by atoms with Gasteiger partial charge in [0.2, 0.25) is 5.89 Å². The highest BCUT2D eigenvalue weighted by Crippen LogP contribution is 2.44. The quantitative estimate of drug-likeness (QED) is 0.900. The Bertz CT molecular complexity index is 495. The summed E-state index contributed by atoms with van der Waals surface area (Å²) in [4.78, 5) is 4.74. The van der Waals surface area contributed by atoms with E-state index in [0.717, 1.165) is 49.0 Å². The lowest BCUT2D eigenvalue weighted by atomic mass is 9.89. The van der Waals surface area contributed by atoms with Gasteiger partial charge in [0.15, 0.2) is 5.82 Å². The van der Waals surface area contributed by atoms with Crippen LogP contribution in [0.3, 0.4) is 0 Å². The zero-order chi connectivity index (χ0) is 14.2. The highest BCUT2D eigenvalue weighted by molar-refractivity contribution is 7.99. The van der Waals surface area contributed by atoms with E-state index in [9.17, 15) is 0 Å². The van der Waals surface area contributed by atoms with Gasteiger partial charge in [-0.1, -0.05) is 12.1 Å². The molecule has 1 aromatic rings. The Labute approximate surface area is 129 Å². The molecule has 3 aliphatic rings. The predicted octanol–water partition coefficient (Wildman–Crippen LogP) is 2.30. The van der Waals surface area contributed by atoms with Crippen molar-refractivity contribution in [2.45, 2.75) is 62.7 Å². The third-order valence-electron chi connectivity index (χ3n) is 4.95. The summed E-state index contributed by atoms with van der Waals surface area (Å²) in [6.07, 6.45) is 5.34. The molecular formula is C15H23N3O2S. The molecule has 5 atom stereocenters. The summed E-state index contributed by atoms with van der Waals surface area (Å²) in [5, 5.41) is 7.89. The molecule has 0 saturated carbocycles. The van der Waals surface area contributed by atoms with E-state index >= 15 is 0 Å². The van der Waals surface area contributed by atoms with Gasteiger partial charge in [0, 0.05) is 17.5 Å². The largest absolute Gasteiger partial charge is 0.374 e. The molecule has 116 valence electrons. The smallest absolute Gasteiger partial charge is 0.232 e. The second kappa shape index (κ2) is 5.89. The fourth-order valence-corrected chi connectivity index (χ4v) is 5.16. The number of aromatic nitrogens is 2. The van der Waals surface area contributed by atoms with Crippen molar-refractivity contribution >= 4 is 11.8 Å². The maximum absolute atomic E-state index is 5.91. The van der Waals surface area contributed by atoms with Gasteiger partial charge >= 0.3 is 0 Å². The van der Waals surface area contributed by atoms with Crippen LogP contribution in [0.4, 0.5) is 0 Å². The number of rotatable bonds is 5. The van der Waals surface area contributed by atoms with Crippen molar-refractivity contribution in [3.63, 3.8) is 0 Å². The molecule has 1 N–H and O–H groups in total. The van der Waals surface area contributed by atoms with Crippen LogP contribution in [0.2, 0.25) is 0 Å². The van der Waals surface area contributed by atoms with Crippen LogP contribution in [0.1, 0.15) is 56.2 Å². The molecule has 0 amide bonds. The first-order valence-corrected chi connectivity index (χ1v) is 9.30. The van der Waals surface area contributed by atoms with Crippen molar-refractivity contribution in [1.29, 1.82) is 0 Å². The maximum Gasteiger partial charge on any atom is 0.232 e. The topological polar surface area (TPSA) is 60.2 Å². The molecule has 3 saturated heterocycles. The van der Waals surface area contributed by atoms with E-state index in [2.05, 4.69) is 17.4 Å². The average molecular weight is 309 g/mol. The second-order valence-electron chi connectivity index (χ2n) is 6.41. The molecule has 0 aliphatic carbocycles. The van der Waals surface area contributed by atoms with E-state index < -0.39 is 0 Å². The average Bonchev–Trinajstić information content (AvgIpc) is 3.26. The standard InChI is InChI=1S/C15H23N3O2S/c1-2-5-16-12-8-21-7-11(12)15-17-14(18-20-15)10-6-9-3-4-13(10)19-9/h9-13,16H,2-8H2,1H3. The van der Waals surface area contributed by atoms with E-state index in [1.54, 1.807) is 0 Å². The molecule has 0 aromatic carbocycles. The fraction of sp³-hybridized carbons (Fsp3) is 0.867. The number of nitrogens with one attached hydrogen (secondary N) is 1. The van der Waals surface area contributed by atoms with Crippen LogP contribution < -0.4 is 5.32 Å². The Morgan fingerprint density at radius 2 is 2.24 bits per heavy atom. The molecule has 6 heteroatoms. The third-order valence-corrected chi connectivity index (χ3v) is 6.14. The Hall–Kier alpha value is -0.590. The molecule has 3 aliphatic heterocycles. The summed E-state index contributed by atoms with van der Waals surface area (Å²) in [7, 11) is 0. The molecule has 5 unspecified atom stereocenters. The minimum atomic E-state index is 0.326. The van der Waals surface area contributed by atoms with Crippen molar-refractivity contribution < 1.29 is 9.26 Å². The minimum Gasteiger partial charge on any atom is -0.374 e. The maximum atomic E-state index is 5.91. The third kappa shape index (κ3) is 2.62. The van der Waals surface area contributed by atoms with Crippen molar-refractivity contribution in [3.05, 3.63) is 11.7 Å². The summed E-state index contributed by atoms with van der Waals surface area (Å²) in [6, 6.07) is 0.472. The Balaban J connectivity index is 1.46. The molecule has 1 aromatic heterocycles. The van der Waals surface area contributed by atoms with Gasteiger partial charge in [-0.15, -0.1) is 0 Å². The highest BCUT2D eigenvalue weighted by Gasteiger charge is 2.44. The summed E-state index contributed by atoms with van der Waals surface area (Å²) in [6.45, 7) is 3.26. The van der Waals surface area contributed by atoms with Crippen molar-refractivity contribution in [3.8, 4) is 0 Å². The number of nitrogens with zero attached hydrogens (tertiary/aromatic N) is 2. The monoisotopic (exact) mass is 309 g/mol. The van der Waals surface area contributed by atoms with Gasteiger partial charge in [-0.05, 0) is 32.2 Å². The van der Waals surface area contributed by atoms with Gasteiger partial charge in [-0.25, -0.2) is 0 Å². The Kier molecular flexibility index (Phi) is 3.94. The van der Waals surface area contributed by atoms with Crippen LogP contribution in [-0.4, -0.2) is 46.4 Å². The number of thioether (sulfide) groups is 1. The van der Waals surface area contributed by atoms with Gasteiger partial charge < -0.3 is 14.6 Å². The second-order valence-corrected chi connectivity index (χ2v) is 7.49. The number of ether oxygens (including phenoxy) is 1. The number of fused-ring (bicyclic) bond motifs is 2. The zero-order valence-electron chi connectivity index (χ0n) is 12.5. The van der Waals surface area contributed by atoms with E-state index in [1.807, 2.05) is 11.8 Å². The first kappa shape index (κ1) is 14.0. The summed E-state index contributed by atoms with van der Waals surface area (Å²) >= 11 is 1.97. The van der Waals surface area contributed by atoms with Gasteiger partial charge in [-0.3, -0.25) is 0 Å². The van der Waals surface area contributed by atoms with Gasteiger partial charge in [-0.2, -0.15) is 16.7 Å². The fourth-order valence-electron chi connectivity index (χ4n) is 3.79. The zero-order valence-corrected chi connectivity index (χ0v) is 13.3. The van der Waals surface area contributed by atoms with E-state index in [-0.39, 0.29) is 0 Å². The van der Waals surface area contributed by atoms with Crippen LogP contribution >= 0.6 is 11.8 Å². The Morgan fingerprint density at radius 1 is 1.29 bits per heavy atom. The molecular weight excluding hydrogens is 286 g/mol.